The summed E-state index contributed by atoms with van der Waals surface area (Å²) in [5, 5.41) is 12.1. The van der Waals surface area contributed by atoms with Gasteiger partial charge in [-0.2, -0.15) is 4.80 Å². The van der Waals surface area contributed by atoms with E-state index in [1.54, 1.807) is 17.0 Å². The minimum atomic E-state index is -0.226. The third-order valence-corrected chi connectivity index (χ3v) is 4.14. The van der Waals surface area contributed by atoms with Gasteiger partial charge in [0.05, 0.1) is 23.2 Å². The summed E-state index contributed by atoms with van der Waals surface area (Å²) in [6.07, 6.45) is 1.07. The van der Waals surface area contributed by atoms with Gasteiger partial charge in [0.15, 0.2) is 6.33 Å². The fraction of sp³-hybridized carbons (Fsp3) is 0.385. The second-order valence-corrected chi connectivity index (χ2v) is 5.65. The maximum Gasteiger partial charge on any atom is 0.246 e. The smallest absolute Gasteiger partial charge is 0.246 e. The number of halogens is 2. The second-order valence-electron chi connectivity index (χ2n) is 4.84. The van der Waals surface area contributed by atoms with E-state index in [0.29, 0.717) is 29.7 Å². The minimum absolute atomic E-state index is 0.0636. The summed E-state index contributed by atoms with van der Waals surface area (Å²) in [7, 11) is 0. The van der Waals surface area contributed by atoms with Gasteiger partial charge in [-0.05, 0) is 22.9 Å². The van der Waals surface area contributed by atoms with E-state index < -0.39 is 0 Å². The van der Waals surface area contributed by atoms with Crippen molar-refractivity contribution in [1.82, 2.24) is 25.1 Å². The molecule has 1 saturated heterocycles. The summed E-state index contributed by atoms with van der Waals surface area (Å²) >= 11 is 12.0. The Bertz CT molecular complexity index is 664. The number of hydrogen-bond acceptors (Lipinski definition) is 5. The Balaban J connectivity index is 1.68. The van der Waals surface area contributed by atoms with Gasteiger partial charge in [0.2, 0.25) is 5.91 Å². The summed E-state index contributed by atoms with van der Waals surface area (Å²) in [5.41, 5.74) is 0.894. The van der Waals surface area contributed by atoms with Crippen molar-refractivity contribution in [2.24, 2.45) is 0 Å². The molecule has 0 bridgehead atoms. The number of carbonyl (C=O) groups excluding carboxylic acids is 1. The van der Waals surface area contributed by atoms with Crippen molar-refractivity contribution >= 4 is 29.1 Å². The molecule has 1 amide bonds. The highest BCUT2D eigenvalue weighted by molar-refractivity contribution is 6.42. The quantitative estimate of drug-likeness (QED) is 0.847. The first-order valence-corrected chi connectivity index (χ1v) is 7.44. The first-order chi connectivity index (χ1) is 10.6. The maximum absolute atomic E-state index is 12.3. The Morgan fingerprint density at radius 1 is 1.36 bits per heavy atom. The highest BCUT2D eigenvalue weighted by Gasteiger charge is 2.26. The Morgan fingerprint density at radius 2 is 2.23 bits per heavy atom. The molecule has 22 heavy (non-hydrogen) atoms. The fourth-order valence-electron chi connectivity index (χ4n) is 2.27. The Morgan fingerprint density at radius 3 is 2.95 bits per heavy atom. The molecule has 0 N–H and O–H groups in total. The predicted octanol–water partition coefficient (Wildman–Crippen LogP) is 1.58. The van der Waals surface area contributed by atoms with E-state index in [4.69, 9.17) is 27.9 Å². The number of morpholine rings is 1. The van der Waals surface area contributed by atoms with Crippen molar-refractivity contribution in [3.05, 3.63) is 40.1 Å². The van der Waals surface area contributed by atoms with E-state index in [9.17, 15) is 4.79 Å². The van der Waals surface area contributed by atoms with E-state index in [1.807, 2.05) is 6.07 Å². The molecule has 1 aromatic heterocycles. The van der Waals surface area contributed by atoms with E-state index in [1.165, 1.54) is 11.1 Å². The molecular weight excluding hydrogens is 329 g/mol. The Kier molecular flexibility index (Phi) is 4.56. The molecule has 7 nitrogen and oxygen atoms in total. The van der Waals surface area contributed by atoms with Crippen molar-refractivity contribution < 1.29 is 9.53 Å². The number of rotatable bonds is 3. The molecule has 1 aliphatic heterocycles. The number of hydrogen-bond donors (Lipinski definition) is 0. The molecule has 2 aromatic rings. The van der Waals surface area contributed by atoms with Gasteiger partial charge >= 0.3 is 0 Å². The highest BCUT2D eigenvalue weighted by atomic mass is 35.5. The van der Waals surface area contributed by atoms with Gasteiger partial charge in [0, 0.05) is 6.54 Å². The number of carbonyl (C=O) groups is 1. The molecule has 1 aromatic carbocycles. The zero-order valence-corrected chi connectivity index (χ0v) is 13.0. The van der Waals surface area contributed by atoms with Crippen LogP contribution in [0.1, 0.15) is 11.7 Å². The SMILES string of the molecule is O=C(Cn1ncnn1)N1CCO[C@H](c2ccc(Cl)c(Cl)c2)C1. The first-order valence-electron chi connectivity index (χ1n) is 6.68. The molecule has 1 fully saturated rings. The van der Waals surface area contributed by atoms with Gasteiger partial charge in [-0.3, -0.25) is 4.79 Å². The molecule has 0 unspecified atom stereocenters. The van der Waals surface area contributed by atoms with Crippen LogP contribution in [0.2, 0.25) is 10.0 Å². The lowest BCUT2D eigenvalue weighted by Crippen LogP contribution is -2.43. The van der Waals surface area contributed by atoms with Crippen LogP contribution >= 0.6 is 23.2 Å². The molecule has 0 saturated carbocycles. The molecule has 1 atom stereocenters. The van der Waals surface area contributed by atoms with Crippen LogP contribution in [0.15, 0.2) is 24.5 Å². The van der Waals surface area contributed by atoms with Crippen LogP contribution in [0.25, 0.3) is 0 Å². The van der Waals surface area contributed by atoms with Crippen LogP contribution in [0, 0.1) is 0 Å². The van der Waals surface area contributed by atoms with Gasteiger partial charge < -0.3 is 9.64 Å². The molecule has 1 aliphatic rings. The molecule has 0 radical (unpaired) electrons. The fourth-order valence-corrected chi connectivity index (χ4v) is 2.58. The van der Waals surface area contributed by atoms with Crippen LogP contribution in [-0.4, -0.2) is 50.7 Å². The van der Waals surface area contributed by atoms with Crippen LogP contribution in [-0.2, 0) is 16.1 Å². The molecule has 0 spiro atoms. The molecule has 2 heterocycles. The minimum Gasteiger partial charge on any atom is -0.370 e. The monoisotopic (exact) mass is 341 g/mol. The Hall–Kier alpha value is -1.70. The van der Waals surface area contributed by atoms with Gasteiger partial charge in [0.25, 0.3) is 0 Å². The van der Waals surface area contributed by atoms with Gasteiger partial charge in [-0.25, -0.2) is 0 Å². The molecular formula is C13H13Cl2N5O2. The van der Waals surface area contributed by atoms with Crippen LogP contribution < -0.4 is 0 Å². The summed E-state index contributed by atoms with van der Waals surface area (Å²) in [4.78, 5) is 15.2. The number of amides is 1. The average molecular weight is 342 g/mol. The third-order valence-electron chi connectivity index (χ3n) is 3.40. The van der Waals surface area contributed by atoms with E-state index in [0.717, 1.165) is 5.56 Å². The van der Waals surface area contributed by atoms with E-state index >= 15 is 0 Å². The zero-order chi connectivity index (χ0) is 15.5. The van der Waals surface area contributed by atoms with Gasteiger partial charge in [-0.1, -0.05) is 29.3 Å². The van der Waals surface area contributed by atoms with Crippen LogP contribution in [0.3, 0.4) is 0 Å². The lowest BCUT2D eigenvalue weighted by atomic mass is 10.1. The zero-order valence-electron chi connectivity index (χ0n) is 11.5. The third kappa shape index (κ3) is 3.37. The number of benzene rings is 1. The van der Waals surface area contributed by atoms with Gasteiger partial charge in [0.1, 0.15) is 12.6 Å². The van der Waals surface area contributed by atoms with Gasteiger partial charge in [-0.15, -0.1) is 10.2 Å². The highest BCUT2D eigenvalue weighted by Crippen LogP contribution is 2.29. The van der Waals surface area contributed by atoms with Crippen molar-refractivity contribution in [3.63, 3.8) is 0 Å². The summed E-state index contributed by atoms with van der Waals surface area (Å²) < 4.78 is 5.73. The first kappa shape index (κ1) is 15.2. The number of nitrogens with zero attached hydrogens (tertiary/aromatic N) is 5. The van der Waals surface area contributed by atoms with E-state index in [2.05, 4.69) is 15.4 Å². The lowest BCUT2D eigenvalue weighted by molar-refractivity contribution is -0.140. The van der Waals surface area contributed by atoms with Crippen LogP contribution in [0.5, 0.6) is 0 Å². The second kappa shape index (κ2) is 6.60. The number of tetrazole rings is 1. The normalized spacial score (nSPS) is 18.5. The maximum atomic E-state index is 12.3. The van der Waals surface area contributed by atoms with Crippen molar-refractivity contribution in [2.75, 3.05) is 19.7 Å². The number of ether oxygens (including phenoxy) is 1. The van der Waals surface area contributed by atoms with Crippen LogP contribution in [0.4, 0.5) is 0 Å². The molecule has 0 aliphatic carbocycles. The number of aromatic nitrogens is 4. The predicted molar refractivity (Wildman–Crippen MR) is 79.6 cm³/mol. The van der Waals surface area contributed by atoms with Crippen molar-refractivity contribution in [2.45, 2.75) is 12.6 Å². The molecule has 116 valence electrons. The largest absolute Gasteiger partial charge is 0.370 e. The summed E-state index contributed by atoms with van der Waals surface area (Å²) in [6, 6.07) is 5.34. The lowest BCUT2D eigenvalue weighted by Gasteiger charge is -2.33. The van der Waals surface area contributed by atoms with Crippen molar-refractivity contribution in [3.8, 4) is 0 Å². The Labute approximate surface area is 136 Å². The average Bonchev–Trinajstić information content (AvgIpc) is 3.03. The molecule has 9 heteroatoms. The summed E-state index contributed by atoms with van der Waals surface area (Å²) in [5.74, 6) is -0.0774. The molecule has 3 rings (SSSR count). The van der Waals surface area contributed by atoms with E-state index in [-0.39, 0.29) is 18.6 Å². The van der Waals surface area contributed by atoms with Crippen molar-refractivity contribution in [1.29, 1.82) is 0 Å². The standard InChI is InChI=1S/C13H13Cl2N5O2/c14-10-2-1-9(5-11(10)15)12-6-19(3-4-22-12)13(21)7-20-17-8-16-18-20/h1-2,5,8,12H,3-4,6-7H2/t12-/m0/s1. The topological polar surface area (TPSA) is 73.1 Å². The summed E-state index contributed by atoms with van der Waals surface area (Å²) in [6.45, 7) is 1.51.